The molecule has 37 heavy (non-hydrogen) atoms. The van der Waals surface area contributed by atoms with Gasteiger partial charge in [-0.05, 0) is 69.0 Å². The average molecular weight is 529 g/mol. The fraction of sp³-hybridized carbons (Fsp3) is 0.462. The number of amides is 1. The van der Waals surface area contributed by atoms with E-state index in [1.807, 2.05) is 4.90 Å². The largest absolute Gasteiger partial charge is 0.490 e. The van der Waals surface area contributed by atoms with Crippen molar-refractivity contribution in [2.75, 3.05) is 19.6 Å². The van der Waals surface area contributed by atoms with Crippen LogP contribution in [0.15, 0.2) is 42.5 Å². The number of halogens is 5. The molecule has 1 N–H and O–H groups in total. The maximum absolute atomic E-state index is 14.7. The first-order chi connectivity index (χ1) is 17.5. The second kappa shape index (κ2) is 12.4. The molecule has 0 aliphatic carbocycles. The predicted molar refractivity (Wildman–Crippen MR) is 125 cm³/mol. The third-order valence-corrected chi connectivity index (χ3v) is 6.51. The number of alkyl halides is 3. The molecule has 2 aromatic carbocycles. The summed E-state index contributed by atoms with van der Waals surface area (Å²) in [5.41, 5.74) is 0.874. The highest BCUT2D eigenvalue weighted by molar-refractivity contribution is 5.95. The van der Waals surface area contributed by atoms with E-state index >= 15 is 0 Å². The van der Waals surface area contributed by atoms with E-state index in [1.165, 1.54) is 37.1 Å². The number of carbonyl (C=O) groups is 2. The molecule has 2 atom stereocenters. The minimum Gasteiger partial charge on any atom is -0.489 e. The summed E-state index contributed by atoms with van der Waals surface area (Å²) in [5, 5.41) is 7.12. The Kier molecular flexibility index (Phi) is 9.47. The molecule has 6 nitrogen and oxygen atoms in total. The lowest BCUT2D eigenvalue weighted by Gasteiger charge is -2.31. The third-order valence-electron chi connectivity index (χ3n) is 6.51. The Labute approximate surface area is 211 Å². The minimum atomic E-state index is -5.08. The van der Waals surface area contributed by atoms with Crippen LogP contribution in [0.25, 0.3) is 0 Å². The van der Waals surface area contributed by atoms with E-state index in [0.717, 1.165) is 31.5 Å². The number of hydrogen-bond donors (Lipinski definition) is 1. The summed E-state index contributed by atoms with van der Waals surface area (Å²) in [5.74, 6) is -3.54. The first-order valence-electron chi connectivity index (χ1n) is 12.0. The highest BCUT2D eigenvalue weighted by Crippen LogP contribution is 2.26. The number of rotatable bonds is 6. The second-order valence-corrected chi connectivity index (χ2v) is 9.14. The van der Waals surface area contributed by atoms with Gasteiger partial charge in [0.25, 0.3) is 5.91 Å². The van der Waals surface area contributed by atoms with Gasteiger partial charge in [-0.25, -0.2) is 13.6 Å². The van der Waals surface area contributed by atoms with Crippen molar-refractivity contribution in [2.45, 2.75) is 57.5 Å². The van der Waals surface area contributed by atoms with Crippen LogP contribution in [0.5, 0.6) is 5.75 Å². The molecule has 2 heterocycles. The zero-order valence-corrected chi connectivity index (χ0v) is 20.3. The predicted octanol–water partition coefficient (Wildman–Crippen LogP) is 5.27. The van der Waals surface area contributed by atoms with Crippen molar-refractivity contribution >= 4 is 11.9 Å². The Balaban J connectivity index is 0.000000479. The number of benzene rings is 2. The standard InChI is InChI=1S/C24H28F2N2O2.C2HF3O2/c1-17-4-2-12-27(17)15-20-5-3-13-28(20)24(29)22-11-10-21(14-23(22)26)30-16-18-6-8-19(25)9-7-18;3-2(4,5)1(6)7/h6-11,14,17,20H,2-5,12-13,15-16H2,1H3;(H,6,7)/t17-,20+;/m1./s1. The highest BCUT2D eigenvalue weighted by Gasteiger charge is 2.38. The summed E-state index contributed by atoms with van der Waals surface area (Å²) < 4.78 is 65.1. The lowest BCUT2D eigenvalue weighted by molar-refractivity contribution is -0.192. The summed E-state index contributed by atoms with van der Waals surface area (Å²) in [6.07, 6.45) is -0.751. The van der Waals surface area contributed by atoms with E-state index < -0.39 is 18.0 Å². The van der Waals surface area contributed by atoms with Crippen LogP contribution in [0.1, 0.15) is 48.5 Å². The van der Waals surface area contributed by atoms with Crippen molar-refractivity contribution in [1.29, 1.82) is 0 Å². The molecule has 2 saturated heterocycles. The van der Waals surface area contributed by atoms with Crippen molar-refractivity contribution in [3.05, 3.63) is 65.2 Å². The van der Waals surface area contributed by atoms with Crippen LogP contribution in [-0.4, -0.2) is 64.7 Å². The smallest absolute Gasteiger partial charge is 0.489 e. The van der Waals surface area contributed by atoms with E-state index in [2.05, 4.69) is 11.8 Å². The van der Waals surface area contributed by atoms with Crippen LogP contribution in [0.4, 0.5) is 22.0 Å². The maximum atomic E-state index is 14.7. The van der Waals surface area contributed by atoms with Crippen LogP contribution in [0.2, 0.25) is 0 Å². The summed E-state index contributed by atoms with van der Waals surface area (Å²) in [4.78, 5) is 26.2. The first-order valence-corrected chi connectivity index (χ1v) is 12.0. The molecule has 0 spiro atoms. The molecule has 2 fully saturated rings. The lowest BCUT2D eigenvalue weighted by atomic mass is 10.1. The van der Waals surface area contributed by atoms with Gasteiger partial charge in [0.15, 0.2) is 0 Å². The van der Waals surface area contributed by atoms with Gasteiger partial charge in [0.1, 0.15) is 24.0 Å². The Hall–Kier alpha value is -3.21. The number of carboxylic acid groups (broad SMARTS) is 1. The van der Waals surface area contributed by atoms with Gasteiger partial charge < -0.3 is 14.7 Å². The highest BCUT2D eigenvalue weighted by atomic mass is 19.4. The van der Waals surface area contributed by atoms with Crippen LogP contribution >= 0.6 is 0 Å². The van der Waals surface area contributed by atoms with Crippen LogP contribution in [0, 0.1) is 11.6 Å². The molecule has 0 radical (unpaired) electrons. The third kappa shape index (κ3) is 7.88. The van der Waals surface area contributed by atoms with Crippen molar-refractivity contribution in [2.24, 2.45) is 0 Å². The van der Waals surface area contributed by atoms with E-state index in [4.69, 9.17) is 14.6 Å². The monoisotopic (exact) mass is 528 g/mol. The molecule has 1 amide bonds. The average Bonchev–Trinajstić information content (AvgIpc) is 3.47. The van der Waals surface area contributed by atoms with Crippen molar-refractivity contribution in [3.8, 4) is 5.75 Å². The molecule has 0 aromatic heterocycles. The van der Waals surface area contributed by atoms with Crippen molar-refractivity contribution in [3.63, 3.8) is 0 Å². The maximum Gasteiger partial charge on any atom is 0.490 e. The van der Waals surface area contributed by atoms with E-state index in [-0.39, 0.29) is 29.9 Å². The van der Waals surface area contributed by atoms with Gasteiger partial charge in [-0.3, -0.25) is 9.69 Å². The molecular weight excluding hydrogens is 499 g/mol. The molecule has 2 aromatic rings. The van der Waals surface area contributed by atoms with Crippen molar-refractivity contribution < 1.29 is 41.4 Å². The number of hydrogen-bond acceptors (Lipinski definition) is 4. The normalized spacial score (nSPS) is 19.9. The SMILES string of the molecule is C[C@@H]1CCCN1C[C@@H]1CCCN1C(=O)c1ccc(OCc2ccc(F)cc2)cc1F.O=C(O)C(F)(F)F. The van der Waals surface area contributed by atoms with Gasteiger partial charge in [0, 0.05) is 31.2 Å². The van der Waals surface area contributed by atoms with Gasteiger partial charge in [0.2, 0.25) is 0 Å². The lowest BCUT2D eigenvalue weighted by Crippen LogP contribution is -2.44. The number of aliphatic carboxylic acids is 1. The number of carboxylic acids is 1. The van der Waals surface area contributed by atoms with Gasteiger partial charge in [0.05, 0.1) is 5.56 Å². The van der Waals surface area contributed by atoms with E-state index in [9.17, 15) is 26.7 Å². The Morgan fingerprint density at radius 3 is 2.24 bits per heavy atom. The quantitative estimate of drug-likeness (QED) is 0.518. The summed E-state index contributed by atoms with van der Waals surface area (Å²) >= 11 is 0. The molecule has 202 valence electrons. The number of carbonyl (C=O) groups excluding carboxylic acids is 1. The topological polar surface area (TPSA) is 70.1 Å². The van der Waals surface area contributed by atoms with Crippen LogP contribution in [0.3, 0.4) is 0 Å². The molecule has 0 bridgehead atoms. The number of ether oxygens (including phenoxy) is 1. The van der Waals surface area contributed by atoms with Gasteiger partial charge in [-0.1, -0.05) is 12.1 Å². The van der Waals surface area contributed by atoms with Gasteiger partial charge in [-0.15, -0.1) is 0 Å². The molecule has 2 aliphatic heterocycles. The Bertz CT molecular complexity index is 1080. The first kappa shape index (κ1) is 28.4. The second-order valence-electron chi connectivity index (χ2n) is 9.14. The number of likely N-dealkylation sites (tertiary alicyclic amines) is 2. The minimum absolute atomic E-state index is 0.0884. The Morgan fingerprint density at radius 1 is 1.03 bits per heavy atom. The zero-order chi connectivity index (χ0) is 27.2. The van der Waals surface area contributed by atoms with E-state index in [1.54, 1.807) is 18.2 Å². The van der Waals surface area contributed by atoms with Crippen molar-refractivity contribution in [1.82, 2.24) is 9.80 Å². The fourth-order valence-corrected chi connectivity index (χ4v) is 4.49. The number of nitrogens with zero attached hydrogens (tertiary/aromatic N) is 2. The van der Waals surface area contributed by atoms with Crippen LogP contribution in [-0.2, 0) is 11.4 Å². The molecule has 2 aliphatic rings. The summed E-state index contributed by atoms with van der Waals surface area (Å²) in [6.45, 7) is 5.06. The van der Waals surface area contributed by atoms with E-state index in [0.29, 0.717) is 18.3 Å². The van der Waals surface area contributed by atoms with Crippen LogP contribution < -0.4 is 4.74 Å². The molecule has 4 rings (SSSR count). The molecule has 0 saturated carbocycles. The molecular formula is C26H29F5N2O4. The fourth-order valence-electron chi connectivity index (χ4n) is 4.49. The van der Waals surface area contributed by atoms with Gasteiger partial charge in [-0.2, -0.15) is 13.2 Å². The van der Waals surface area contributed by atoms with Gasteiger partial charge >= 0.3 is 12.1 Å². The Morgan fingerprint density at radius 2 is 1.68 bits per heavy atom. The summed E-state index contributed by atoms with van der Waals surface area (Å²) in [6, 6.07) is 11.0. The molecule has 11 heteroatoms. The summed E-state index contributed by atoms with van der Waals surface area (Å²) in [7, 11) is 0. The zero-order valence-electron chi connectivity index (χ0n) is 20.3. The molecule has 0 unspecified atom stereocenters.